The normalized spacial score (nSPS) is 12.8. The first-order chi connectivity index (χ1) is 33.0. The molecule has 382 valence electrons. The zero-order chi connectivity index (χ0) is 48.6. The Kier molecular flexibility index (Phi) is 51.9. The standard InChI is InChI=1S/C61H102O6/c1-4-7-10-13-16-19-22-25-28-30-31-34-36-39-42-45-48-51-54-60(63)66-57-58(56-65-59(62)53-50-47-44-41-38-35-32-27-24-21-18-15-12-9-6-3)67-61(64)55-52-49-46-43-40-37-33-29-26-23-20-17-14-11-8-5-2/h8,11,17,20,22,25-26,28-31,34,37,40,46,49,58H,4-7,9-10,12-16,18-19,21,23-24,27,32-33,35-36,38-39,41-45,47-48,50-57H2,1-3H3/b11-8-,20-17-,25-22-,29-26-,30-28-,34-31-,40-37-,49-46-. The molecule has 0 saturated carbocycles. The van der Waals surface area contributed by atoms with Gasteiger partial charge in [0.2, 0.25) is 0 Å². The van der Waals surface area contributed by atoms with E-state index in [-0.39, 0.29) is 31.6 Å². The molecule has 0 aromatic heterocycles. The Morgan fingerprint density at radius 2 is 0.672 bits per heavy atom. The Balaban J connectivity index is 4.52. The molecule has 1 unspecified atom stereocenters. The second-order valence-electron chi connectivity index (χ2n) is 18.2. The molecule has 0 radical (unpaired) electrons. The first-order valence-corrected chi connectivity index (χ1v) is 27.8. The lowest BCUT2D eigenvalue weighted by Gasteiger charge is -2.18. The molecule has 0 heterocycles. The Morgan fingerprint density at radius 1 is 0.328 bits per heavy atom. The van der Waals surface area contributed by atoms with Crippen LogP contribution in [0, 0.1) is 0 Å². The second-order valence-corrected chi connectivity index (χ2v) is 18.2. The van der Waals surface area contributed by atoms with Gasteiger partial charge in [0.15, 0.2) is 6.10 Å². The lowest BCUT2D eigenvalue weighted by atomic mass is 10.0. The molecule has 1 atom stereocenters. The Bertz CT molecular complexity index is 1350. The molecule has 0 fully saturated rings. The molecular weight excluding hydrogens is 829 g/mol. The zero-order valence-corrected chi connectivity index (χ0v) is 43.6. The van der Waals surface area contributed by atoms with Gasteiger partial charge in [0.25, 0.3) is 0 Å². The van der Waals surface area contributed by atoms with Crippen molar-refractivity contribution in [3.05, 3.63) is 97.2 Å². The third-order valence-electron chi connectivity index (χ3n) is 11.6. The van der Waals surface area contributed by atoms with Crippen molar-refractivity contribution in [2.24, 2.45) is 0 Å². The number of esters is 3. The summed E-state index contributed by atoms with van der Waals surface area (Å²) in [5.74, 6) is -1.01. The van der Waals surface area contributed by atoms with Crippen LogP contribution in [0.2, 0.25) is 0 Å². The lowest BCUT2D eigenvalue weighted by Crippen LogP contribution is -2.30. The van der Waals surface area contributed by atoms with E-state index in [1.807, 2.05) is 12.2 Å². The van der Waals surface area contributed by atoms with Gasteiger partial charge >= 0.3 is 17.9 Å². The number of allylic oxidation sites excluding steroid dienone is 16. The lowest BCUT2D eigenvalue weighted by molar-refractivity contribution is -0.166. The van der Waals surface area contributed by atoms with Gasteiger partial charge in [0.05, 0.1) is 0 Å². The number of carbonyl (C=O) groups is 3. The maximum atomic E-state index is 12.8. The van der Waals surface area contributed by atoms with Gasteiger partial charge < -0.3 is 14.2 Å². The molecule has 0 aromatic carbocycles. The van der Waals surface area contributed by atoms with Crippen LogP contribution in [0.1, 0.15) is 252 Å². The highest BCUT2D eigenvalue weighted by atomic mass is 16.6. The maximum absolute atomic E-state index is 12.8. The van der Waals surface area contributed by atoms with Crippen molar-refractivity contribution in [3.8, 4) is 0 Å². The van der Waals surface area contributed by atoms with E-state index in [4.69, 9.17) is 14.2 Å². The van der Waals surface area contributed by atoms with E-state index in [0.29, 0.717) is 19.3 Å². The van der Waals surface area contributed by atoms with Gasteiger partial charge in [-0.2, -0.15) is 0 Å². The predicted molar refractivity (Wildman–Crippen MR) is 288 cm³/mol. The summed E-state index contributed by atoms with van der Waals surface area (Å²) in [5, 5.41) is 0. The molecule has 0 aliphatic heterocycles. The number of unbranched alkanes of at least 4 members (excludes halogenated alkanes) is 24. The van der Waals surface area contributed by atoms with Crippen molar-refractivity contribution in [2.75, 3.05) is 13.2 Å². The number of carbonyl (C=O) groups excluding carboxylic acids is 3. The van der Waals surface area contributed by atoms with Crippen LogP contribution in [0.4, 0.5) is 0 Å². The fourth-order valence-corrected chi connectivity index (χ4v) is 7.49. The van der Waals surface area contributed by atoms with Gasteiger partial charge in [0.1, 0.15) is 13.2 Å². The molecule has 0 aliphatic rings. The smallest absolute Gasteiger partial charge is 0.306 e. The second kappa shape index (κ2) is 54.9. The van der Waals surface area contributed by atoms with Crippen LogP contribution in [0.15, 0.2) is 97.2 Å². The summed E-state index contributed by atoms with van der Waals surface area (Å²) in [6.45, 7) is 6.44. The number of rotatable bonds is 49. The maximum Gasteiger partial charge on any atom is 0.306 e. The van der Waals surface area contributed by atoms with Crippen molar-refractivity contribution >= 4 is 17.9 Å². The monoisotopic (exact) mass is 931 g/mol. The van der Waals surface area contributed by atoms with E-state index in [2.05, 4.69) is 106 Å². The Hall–Kier alpha value is -3.67. The van der Waals surface area contributed by atoms with E-state index in [9.17, 15) is 14.4 Å². The van der Waals surface area contributed by atoms with Gasteiger partial charge in [0, 0.05) is 19.3 Å². The summed E-state index contributed by atoms with van der Waals surface area (Å²) in [4.78, 5) is 38.1. The van der Waals surface area contributed by atoms with E-state index >= 15 is 0 Å². The van der Waals surface area contributed by atoms with Gasteiger partial charge in [-0.15, -0.1) is 0 Å². The molecule has 0 aliphatic carbocycles. The van der Waals surface area contributed by atoms with Crippen molar-refractivity contribution in [1.29, 1.82) is 0 Å². The number of ether oxygens (including phenoxy) is 3. The average Bonchev–Trinajstić information content (AvgIpc) is 3.33. The molecule has 6 nitrogen and oxygen atoms in total. The minimum atomic E-state index is -0.825. The van der Waals surface area contributed by atoms with Crippen molar-refractivity contribution in [2.45, 2.75) is 258 Å². The molecule has 67 heavy (non-hydrogen) atoms. The predicted octanol–water partition coefficient (Wildman–Crippen LogP) is 18.5. The topological polar surface area (TPSA) is 78.9 Å². The fourth-order valence-electron chi connectivity index (χ4n) is 7.49. The van der Waals surface area contributed by atoms with Crippen LogP contribution in [0.25, 0.3) is 0 Å². The highest BCUT2D eigenvalue weighted by molar-refractivity contribution is 5.71. The van der Waals surface area contributed by atoms with Crippen LogP contribution in [0.5, 0.6) is 0 Å². The zero-order valence-electron chi connectivity index (χ0n) is 43.6. The summed E-state index contributed by atoms with van der Waals surface area (Å²) in [5.41, 5.74) is 0. The minimum absolute atomic E-state index is 0.113. The summed E-state index contributed by atoms with van der Waals surface area (Å²) >= 11 is 0. The van der Waals surface area contributed by atoms with Gasteiger partial charge in [-0.05, 0) is 77.0 Å². The van der Waals surface area contributed by atoms with Crippen molar-refractivity contribution in [1.82, 2.24) is 0 Å². The highest BCUT2D eigenvalue weighted by Crippen LogP contribution is 2.15. The molecule has 0 amide bonds. The van der Waals surface area contributed by atoms with E-state index < -0.39 is 12.1 Å². The SMILES string of the molecule is CC/C=C\C/C=C\C/C=C\C/C=C\C/C=C\CCC(=O)OC(COC(=O)CCCCCCC\C=C/C=C\C=C/CCCCCCC)COC(=O)CCCCCCCCCCCCCCCCC. The van der Waals surface area contributed by atoms with Crippen LogP contribution in [0.3, 0.4) is 0 Å². The van der Waals surface area contributed by atoms with Crippen LogP contribution in [-0.2, 0) is 28.6 Å². The largest absolute Gasteiger partial charge is 0.462 e. The summed E-state index contributed by atoms with van der Waals surface area (Å²) in [7, 11) is 0. The highest BCUT2D eigenvalue weighted by Gasteiger charge is 2.19. The average molecular weight is 931 g/mol. The summed E-state index contributed by atoms with van der Waals surface area (Å²) in [6, 6.07) is 0. The molecule has 0 aromatic rings. The minimum Gasteiger partial charge on any atom is -0.462 e. The molecular formula is C61H102O6. The third kappa shape index (κ3) is 53.2. The summed E-state index contributed by atoms with van der Waals surface area (Å²) < 4.78 is 16.8. The van der Waals surface area contributed by atoms with Crippen LogP contribution < -0.4 is 0 Å². The van der Waals surface area contributed by atoms with Crippen LogP contribution in [-0.4, -0.2) is 37.2 Å². The first-order valence-electron chi connectivity index (χ1n) is 27.8. The molecule has 0 saturated heterocycles. The molecule has 0 N–H and O–H groups in total. The molecule has 6 heteroatoms. The van der Waals surface area contributed by atoms with Crippen molar-refractivity contribution < 1.29 is 28.6 Å². The van der Waals surface area contributed by atoms with Gasteiger partial charge in [-0.3, -0.25) is 14.4 Å². The number of hydrogen-bond donors (Lipinski definition) is 0. The molecule has 0 bridgehead atoms. The van der Waals surface area contributed by atoms with Gasteiger partial charge in [-0.1, -0.05) is 253 Å². The molecule has 0 spiro atoms. The molecule has 0 rings (SSSR count). The van der Waals surface area contributed by atoms with E-state index in [0.717, 1.165) is 96.3 Å². The van der Waals surface area contributed by atoms with E-state index in [1.54, 1.807) is 0 Å². The van der Waals surface area contributed by atoms with E-state index in [1.165, 1.54) is 109 Å². The number of hydrogen-bond acceptors (Lipinski definition) is 6. The Morgan fingerprint density at radius 3 is 1.06 bits per heavy atom. The summed E-state index contributed by atoms with van der Waals surface area (Å²) in [6.07, 6.45) is 72.6. The quantitative estimate of drug-likeness (QED) is 0.0199. The first kappa shape index (κ1) is 63.3. The fraction of sp³-hybridized carbons (Fsp3) is 0.689. The third-order valence-corrected chi connectivity index (χ3v) is 11.6. The van der Waals surface area contributed by atoms with Gasteiger partial charge in [-0.25, -0.2) is 0 Å². The Labute approximate surface area is 413 Å². The van der Waals surface area contributed by atoms with Crippen molar-refractivity contribution in [3.63, 3.8) is 0 Å². The van der Waals surface area contributed by atoms with Crippen LogP contribution >= 0.6 is 0 Å².